The zero-order valence-corrected chi connectivity index (χ0v) is 11.0. The van der Waals surface area contributed by atoms with E-state index in [-0.39, 0.29) is 0 Å². The second-order valence-electron chi connectivity index (χ2n) is 5.38. The highest BCUT2D eigenvalue weighted by Crippen LogP contribution is 2.49. The number of nitrogens with two attached hydrogens (primary N) is 1. The molecular weight excluding hydrogens is 222 g/mol. The first-order chi connectivity index (χ1) is 8.67. The lowest BCUT2D eigenvalue weighted by Gasteiger charge is -2.25. The molecule has 1 aliphatic carbocycles. The van der Waals surface area contributed by atoms with Crippen LogP contribution in [-0.2, 0) is 6.54 Å². The van der Waals surface area contributed by atoms with E-state index in [0.29, 0.717) is 11.8 Å². The third-order valence-corrected chi connectivity index (χ3v) is 3.80. The van der Waals surface area contributed by atoms with E-state index in [0.717, 1.165) is 25.3 Å². The van der Waals surface area contributed by atoms with E-state index in [1.807, 2.05) is 12.1 Å². The number of nitriles is 1. The van der Waals surface area contributed by atoms with Crippen molar-refractivity contribution in [2.75, 3.05) is 18.8 Å². The van der Waals surface area contributed by atoms with Gasteiger partial charge in [0, 0.05) is 25.2 Å². The number of hydrogen-bond acceptors (Lipinski definition) is 3. The molecule has 18 heavy (non-hydrogen) atoms. The predicted octanol–water partition coefficient (Wildman–Crippen LogP) is 2.78. The Kier molecular flexibility index (Phi) is 3.88. The van der Waals surface area contributed by atoms with Gasteiger partial charge in [-0.1, -0.05) is 19.1 Å². The molecule has 0 aliphatic heterocycles. The summed E-state index contributed by atoms with van der Waals surface area (Å²) in [5.41, 5.74) is 8.08. The Morgan fingerprint density at radius 1 is 1.33 bits per heavy atom. The highest BCUT2D eigenvalue weighted by Gasteiger charge is 2.43. The van der Waals surface area contributed by atoms with Gasteiger partial charge in [-0.2, -0.15) is 5.26 Å². The Morgan fingerprint density at radius 3 is 2.50 bits per heavy atom. The summed E-state index contributed by atoms with van der Waals surface area (Å²) in [6, 6.07) is 10.4. The Bertz CT molecular complexity index is 426. The molecule has 0 spiro atoms. The molecule has 0 unspecified atom stereocenters. The largest absolute Gasteiger partial charge is 0.399 e. The SMILES string of the molecule is CCN(Cc1ccc(N)cc1)CC1(CC#N)CC1. The number of benzene rings is 1. The number of nitrogens with zero attached hydrogens (tertiary/aromatic N) is 2. The van der Waals surface area contributed by atoms with E-state index in [1.54, 1.807) is 0 Å². The van der Waals surface area contributed by atoms with E-state index in [1.165, 1.54) is 18.4 Å². The maximum atomic E-state index is 8.87. The lowest BCUT2D eigenvalue weighted by molar-refractivity contribution is 0.223. The van der Waals surface area contributed by atoms with Gasteiger partial charge in [-0.25, -0.2) is 0 Å². The maximum Gasteiger partial charge on any atom is 0.0628 e. The molecule has 2 N–H and O–H groups in total. The van der Waals surface area contributed by atoms with E-state index in [9.17, 15) is 0 Å². The molecule has 0 aromatic heterocycles. The summed E-state index contributed by atoms with van der Waals surface area (Å²) in [6.45, 7) is 5.20. The summed E-state index contributed by atoms with van der Waals surface area (Å²) in [6.07, 6.45) is 3.11. The van der Waals surface area contributed by atoms with Gasteiger partial charge in [0.2, 0.25) is 0 Å². The van der Waals surface area contributed by atoms with Crippen LogP contribution in [0.1, 0.15) is 31.7 Å². The van der Waals surface area contributed by atoms with Crippen molar-refractivity contribution in [3.8, 4) is 6.07 Å². The first-order valence-electron chi connectivity index (χ1n) is 6.61. The van der Waals surface area contributed by atoms with Crippen LogP contribution in [0, 0.1) is 16.7 Å². The van der Waals surface area contributed by atoms with Crippen LogP contribution >= 0.6 is 0 Å². The Balaban J connectivity index is 1.93. The number of anilines is 1. The average Bonchev–Trinajstić information content (AvgIpc) is 3.11. The van der Waals surface area contributed by atoms with Gasteiger partial charge in [0.1, 0.15) is 0 Å². The highest BCUT2D eigenvalue weighted by molar-refractivity contribution is 5.39. The zero-order chi connectivity index (χ0) is 13.0. The molecular formula is C15H21N3. The maximum absolute atomic E-state index is 8.87. The molecule has 1 fully saturated rings. The van der Waals surface area contributed by atoms with Crippen LogP contribution in [0.15, 0.2) is 24.3 Å². The van der Waals surface area contributed by atoms with Gasteiger partial charge < -0.3 is 5.73 Å². The van der Waals surface area contributed by atoms with Crippen LogP contribution in [0.4, 0.5) is 5.69 Å². The molecule has 0 radical (unpaired) electrons. The molecule has 1 aromatic carbocycles. The molecule has 0 bridgehead atoms. The minimum Gasteiger partial charge on any atom is -0.399 e. The van der Waals surface area contributed by atoms with Crippen molar-refractivity contribution >= 4 is 5.69 Å². The van der Waals surface area contributed by atoms with Gasteiger partial charge in [0.05, 0.1) is 6.07 Å². The van der Waals surface area contributed by atoms with Gasteiger partial charge in [0.15, 0.2) is 0 Å². The van der Waals surface area contributed by atoms with Crippen LogP contribution in [-0.4, -0.2) is 18.0 Å². The smallest absolute Gasteiger partial charge is 0.0628 e. The number of hydrogen-bond donors (Lipinski definition) is 1. The van der Waals surface area contributed by atoms with Crippen molar-refractivity contribution in [2.45, 2.75) is 32.7 Å². The van der Waals surface area contributed by atoms with E-state index in [4.69, 9.17) is 11.0 Å². The summed E-state index contributed by atoms with van der Waals surface area (Å²) in [4.78, 5) is 2.43. The first-order valence-corrected chi connectivity index (χ1v) is 6.61. The second kappa shape index (κ2) is 5.41. The topological polar surface area (TPSA) is 53.0 Å². The van der Waals surface area contributed by atoms with Gasteiger partial charge in [-0.3, -0.25) is 4.90 Å². The molecule has 2 rings (SSSR count). The standard InChI is InChI=1S/C15H21N3/c1-2-18(12-15(7-8-15)9-10-16)11-13-3-5-14(17)6-4-13/h3-6H,2,7-9,11-12,17H2,1H3. The van der Waals surface area contributed by atoms with Crippen molar-refractivity contribution in [1.82, 2.24) is 4.90 Å². The lowest BCUT2D eigenvalue weighted by atomic mass is 10.0. The van der Waals surface area contributed by atoms with Crippen LogP contribution in [0.25, 0.3) is 0 Å². The molecule has 1 saturated carbocycles. The molecule has 0 heterocycles. The molecule has 0 saturated heterocycles. The third kappa shape index (κ3) is 3.24. The Hall–Kier alpha value is -1.53. The minimum atomic E-state index is 0.290. The van der Waals surface area contributed by atoms with E-state index >= 15 is 0 Å². The molecule has 96 valence electrons. The monoisotopic (exact) mass is 243 g/mol. The van der Waals surface area contributed by atoms with Crippen LogP contribution < -0.4 is 5.73 Å². The van der Waals surface area contributed by atoms with Crippen molar-refractivity contribution in [3.05, 3.63) is 29.8 Å². The van der Waals surface area contributed by atoms with Gasteiger partial charge in [-0.15, -0.1) is 0 Å². The summed E-state index contributed by atoms with van der Waals surface area (Å²) in [7, 11) is 0. The minimum absolute atomic E-state index is 0.290. The molecule has 1 aliphatic rings. The summed E-state index contributed by atoms with van der Waals surface area (Å²) in [5, 5.41) is 8.87. The molecule has 1 aromatic rings. The van der Waals surface area contributed by atoms with Crippen molar-refractivity contribution < 1.29 is 0 Å². The average molecular weight is 243 g/mol. The fourth-order valence-electron chi connectivity index (χ4n) is 2.37. The molecule has 0 amide bonds. The second-order valence-corrected chi connectivity index (χ2v) is 5.38. The van der Waals surface area contributed by atoms with Crippen molar-refractivity contribution in [2.24, 2.45) is 5.41 Å². The predicted molar refractivity (Wildman–Crippen MR) is 73.7 cm³/mol. The Labute approximate surface area is 109 Å². The van der Waals surface area contributed by atoms with Crippen LogP contribution in [0.3, 0.4) is 0 Å². The van der Waals surface area contributed by atoms with Gasteiger partial charge in [-0.05, 0) is 42.5 Å². The number of nitrogen functional groups attached to an aromatic ring is 1. The van der Waals surface area contributed by atoms with E-state index < -0.39 is 0 Å². The normalized spacial score (nSPS) is 16.5. The first kappa shape index (κ1) is 12.9. The highest BCUT2D eigenvalue weighted by atomic mass is 15.1. The van der Waals surface area contributed by atoms with Gasteiger partial charge >= 0.3 is 0 Å². The van der Waals surface area contributed by atoms with Crippen LogP contribution in [0.2, 0.25) is 0 Å². The Morgan fingerprint density at radius 2 is 2.00 bits per heavy atom. The quantitative estimate of drug-likeness (QED) is 0.782. The molecule has 3 heteroatoms. The third-order valence-electron chi connectivity index (χ3n) is 3.80. The number of rotatable bonds is 6. The zero-order valence-electron chi connectivity index (χ0n) is 11.0. The fraction of sp³-hybridized carbons (Fsp3) is 0.533. The van der Waals surface area contributed by atoms with Crippen molar-refractivity contribution in [1.29, 1.82) is 5.26 Å². The summed E-state index contributed by atoms with van der Waals surface area (Å²) >= 11 is 0. The molecule has 3 nitrogen and oxygen atoms in total. The molecule has 0 atom stereocenters. The summed E-state index contributed by atoms with van der Waals surface area (Å²) < 4.78 is 0. The van der Waals surface area contributed by atoms with E-state index in [2.05, 4.69) is 30.0 Å². The van der Waals surface area contributed by atoms with Crippen LogP contribution in [0.5, 0.6) is 0 Å². The summed E-state index contributed by atoms with van der Waals surface area (Å²) in [5.74, 6) is 0. The van der Waals surface area contributed by atoms with Gasteiger partial charge in [0.25, 0.3) is 0 Å². The lowest BCUT2D eigenvalue weighted by Crippen LogP contribution is -2.29. The fourth-order valence-corrected chi connectivity index (χ4v) is 2.37. The van der Waals surface area contributed by atoms with Crippen molar-refractivity contribution in [3.63, 3.8) is 0 Å².